The molecule has 0 radical (unpaired) electrons. The molecule has 112 valence electrons. The summed E-state index contributed by atoms with van der Waals surface area (Å²) in [7, 11) is 0. The minimum absolute atomic E-state index is 0.00683. The molecule has 5 heteroatoms. The van der Waals surface area contributed by atoms with E-state index in [4.69, 9.17) is 0 Å². The van der Waals surface area contributed by atoms with Crippen molar-refractivity contribution in [2.24, 2.45) is 0 Å². The molecule has 0 fully saturated rings. The third-order valence-electron chi connectivity index (χ3n) is 3.64. The van der Waals surface area contributed by atoms with E-state index in [1.807, 2.05) is 6.07 Å². The van der Waals surface area contributed by atoms with Crippen LogP contribution in [0.2, 0.25) is 0 Å². The van der Waals surface area contributed by atoms with Gasteiger partial charge in [-0.25, -0.2) is 4.39 Å². The number of benzene rings is 2. The number of halogens is 1. The van der Waals surface area contributed by atoms with E-state index in [2.05, 4.69) is 5.32 Å². The summed E-state index contributed by atoms with van der Waals surface area (Å²) in [4.78, 5) is 25.6. The van der Waals surface area contributed by atoms with Crippen LogP contribution in [0.5, 0.6) is 0 Å². The number of carbonyl (C=O) groups excluding carboxylic acids is 2. The smallest absolute Gasteiger partial charge is 0.244 e. The van der Waals surface area contributed by atoms with Crippen molar-refractivity contribution in [1.29, 1.82) is 0 Å². The molecular weight excluding hydrogens is 283 g/mol. The summed E-state index contributed by atoms with van der Waals surface area (Å²) in [6.07, 6.45) is 0.467. The Morgan fingerprint density at radius 1 is 1.14 bits per heavy atom. The molecule has 2 aromatic carbocycles. The van der Waals surface area contributed by atoms with Crippen LogP contribution in [-0.2, 0) is 16.0 Å². The number of nitrogens with zero attached hydrogens (tertiary/aromatic N) is 1. The Morgan fingerprint density at radius 3 is 2.68 bits per heavy atom. The van der Waals surface area contributed by atoms with Gasteiger partial charge in [-0.3, -0.25) is 9.59 Å². The van der Waals surface area contributed by atoms with Gasteiger partial charge in [-0.15, -0.1) is 0 Å². The van der Waals surface area contributed by atoms with E-state index < -0.39 is 0 Å². The van der Waals surface area contributed by atoms with E-state index in [1.165, 1.54) is 11.0 Å². The van der Waals surface area contributed by atoms with Crippen molar-refractivity contribution in [1.82, 2.24) is 0 Å². The molecule has 0 bridgehead atoms. The first-order valence-electron chi connectivity index (χ1n) is 7.08. The van der Waals surface area contributed by atoms with Gasteiger partial charge in [0, 0.05) is 6.42 Å². The molecule has 4 nitrogen and oxygen atoms in total. The number of nitrogens with one attached hydrogen (secondary N) is 1. The number of hydrogen-bond acceptors (Lipinski definition) is 2. The lowest BCUT2D eigenvalue weighted by Gasteiger charge is -2.29. The summed E-state index contributed by atoms with van der Waals surface area (Å²) in [5, 5.41) is 2.73. The molecule has 0 saturated carbocycles. The zero-order chi connectivity index (χ0) is 15.5. The van der Waals surface area contributed by atoms with Gasteiger partial charge in [0.05, 0.1) is 11.4 Å². The van der Waals surface area contributed by atoms with E-state index in [0.717, 1.165) is 0 Å². The maximum Gasteiger partial charge on any atom is 0.244 e. The topological polar surface area (TPSA) is 49.4 Å². The van der Waals surface area contributed by atoms with Gasteiger partial charge in [-0.1, -0.05) is 30.3 Å². The molecule has 0 aliphatic carbocycles. The average Bonchev–Trinajstić information content (AvgIpc) is 2.53. The Kier molecular flexibility index (Phi) is 3.87. The predicted octanol–water partition coefficient (Wildman–Crippen LogP) is 2.74. The van der Waals surface area contributed by atoms with Gasteiger partial charge in [0.25, 0.3) is 0 Å². The van der Waals surface area contributed by atoms with Gasteiger partial charge in [-0.05, 0) is 30.2 Å². The second-order valence-electron chi connectivity index (χ2n) is 5.14. The summed E-state index contributed by atoms with van der Waals surface area (Å²) in [5.74, 6) is -0.726. The molecule has 0 saturated heterocycles. The van der Waals surface area contributed by atoms with Crippen LogP contribution in [-0.4, -0.2) is 18.4 Å². The Balaban J connectivity index is 1.75. The highest BCUT2D eigenvalue weighted by atomic mass is 19.1. The van der Waals surface area contributed by atoms with E-state index in [9.17, 15) is 14.0 Å². The second kappa shape index (κ2) is 5.97. The Labute approximate surface area is 127 Å². The van der Waals surface area contributed by atoms with Crippen molar-refractivity contribution in [3.8, 4) is 0 Å². The predicted molar refractivity (Wildman–Crippen MR) is 82.1 cm³/mol. The zero-order valence-corrected chi connectivity index (χ0v) is 11.9. The van der Waals surface area contributed by atoms with E-state index in [-0.39, 0.29) is 30.6 Å². The average molecular weight is 298 g/mol. The number of rotatable bonds is 3. The molecule has 2 amide bonds. The molecule has 1 aliphatic rings. The minimum Gasteiger partial charge on any atom is -0.323 e. The third-order valence-corrected chi connectivity index (χ3v) is 3.64. The molecule has 2 aromatic rings. The van der Waals surface area contributed by atoms with Crippen molar-refractivity contribution in [3.63, 3.8) is 0 Å². The van der Waals surface area contributed by atoms with Gasteiger partial charge in [-0.2, -0.15) is 0 Å². The molecule has 1 aliphatic heterocycles. The first-order valence-corrected chi connectivity index (χ1v) is 7.08. The van der Waals surface area contributed by atoms with Crippen LogP contribution < -0.4 is 10.2 Å². The molecule has 0 unspecified atom stereocenters. The lowest BCUT2D eigenvalue weighted by atomic mass is 10.1. The minimum atomic E-state index is -0.313. The molecule has 3 rings (SSSR count). The number of fused-ring (bicyclic) bond motifs is 1. The first kappa shape index (κ1) is 14.3. The summed E-state index contributed by atoms with van der Waals surface area (Å²) in [5.41, 5.74) is 1.81. The molecule has 0 spiro atoms. The molecular formula is C17H15FN2O2. The normalized spacial score (nSPS) is 13.5. The van der Waals surface area contributed by atoms with Crippen molar-refractivity contribution in [2.45, 2.75) is 12.8 Å². The Bertz CT molecular complexity index is 730. The highest BCUT2D eigenvalue weighted by Crippen LogP contribution is 2.29. The fourth-order valence-corrected chi connectivity index (χ4v) is 2.53. The molecule has 1 N–H and O–H groups in total. The third kappa shape index (κ3) is 2.83. The Morgan fingerprint density at radius 2 is 1.86 bits per heavy atom. The largest absolute Gasteiger partial charge is 0.323 e. The second-order valence-corrected chi connectivity index (χ2v) is 5.14. The van der Waals surface area contributed by atoms with Gasteiger partial charge >= 0.3 is 0 Å². The number of anilines is 2. The summed E-state index contributed by atoms with van der Waals surface area (Å²) in [6.45, 7) is -0.00683. The van der Waals surface area contributed by atoms with Crippen LogP contribution in [0.4, 0.5) is 15.8 Å². The van der Waals surface area contributed by atoms with Gasteiger partial charge in [0.1, 0.15) is 12.4 Å². The van der Waals surface area contributed by atoms with Crippen LogP contribution in [0.15, 0.2) is 48.5 Å². The van der Waals surface area contributed by atoms with E-state index in [1.54, 1.807) is 36.4 Å². The number of amides is 2. The lowest BCUT2D eigenvalue weighted by molar-refractivity contribution is -0.121. The van der Waals surface area contributed by atoms with Gasteiger partial charge in [0.15, 0.2) is 0 Å². The molecule has 22 heavy (non-hydrogen) atoms. The highest BCUT2D eigenvalue weighted by Gasteiger charge is 2.26. The molecule has 0 aromatic heterocycles. The summed E-state index contributed by atoms with van der Waals surface area (Å²) in [6, 6.07) is 13.6. The monoisotopic (exact) mass is 298 g/mol. The van der Waals surface area contributed by atoms with Gasteiger partial charge < -0.3 is 10.2 Å². The SMILES string of the molecule is O=C1CN(C(=O)CCc2ccccc2F)c2ccccc2N1. The molecule has 1 heterocycles. The summed E-state index contributed by atoms with van der Waals surface area (Å²) < 4.78 is 13.6. The quantitative estimate of drug-likeness (QED) is 0.947. The number of hydrogen-bond donors (Lipinski definition) is 1. The van der Waals surface area contributed by atoms with Gasteiger partial charge in [0.2, 0.25) is 11.8 Å². The maximum absolute atomic E-state index is 13.6. The number of carbonyl (C=O) groups is 2. The van der Waals surface area contributed by atoms with E-state index in [0.29, 0.717) is 23.4 Å². The van der Waals surface area contributed by atoms with Crippen molar-refractivity contribution in [2.75, 3.05) is 16.8 Å². The fraction of sp³-hybridized carbons (Fsp3) is 0.176. The number of aryl methyl sites for hydroxylation is 1. The Hall–Kier alpha value is -2.69. The first-order chi connectivity index (χ1) is 10.6. The molecule has 0 atom stereocenters. The van der Waals surface area contributed by atoms with Crippen molar-refractivity contribution in [3.05, 3.63) is 59.9 Å². The highest BCUT2D eigenvalue weighted by molar-refractivity contribution is 6.09. The standard InChI is InChI=1S/C17H15FN2O2/c18-13-6-2-1-5-12(13)9-10-17(22)20-11-16(21)19-14-7-3-4-8-15(14)20/h1-8H,9-11H2,(H,19,21). The van der Waals surface area contributed by atoms with Crippen LogP contribution in [0.1, 0.15) is 12.0 Å². The van der Waals surface area contributed by atoms with Crippen LogP contribution >= 0.6 is 0 Å². The summed E-state index contributed by atoms with van der Waals surface area (Å²) >= 11 is 0. The van der Waals surface area contributed by atoms with E-state index >= 15 is 0 Å². The van der Waals surface area contributed by atoms with Crippen LogP contribution in [0.25, 0.3) is 0 Å². The lowest BCUT2D eigenvalue weighted by Crippen LogP contribution is -2.42. The maximum atomic E-state index is 13.6. The number of para-hydroxylation sites is 2. The van der Waals surface area contributed by atoms with Crippen molar-refractivity contribution < 1.29 is 14.0 Å². The van der Waals surface area contributed by atoms with Crippen LogP contribution in [0, 0.1) is 5.82 Å². The van der Waals surface area contributed by atoms with Crippen molar-refractivity contribution >= 4 is 23.2 Å². The van der Waals surface area contributed by atoms with Crippen LogP contribution in [0.3, 0.4) is 0 Å². The zero-order valence-electron chi connectivity index (χ0n) is 11.9. The fourth-order valence-electron chi connectivity index (χ4n) is 2.53.